The minimum atomic E-state index is 0.620. The Morgan fingerprint density at radius 3 is 0.880 bits per heavy atom. The number of rotatable bonds is 8. The predicted molar refractivity (Wildman–Crippen MR) is 310 cm³/mol. The Balaban J connectivity index is 0.929. The van der Waals surface area contributed by atoms with Gasteiger partial charge in [-0.3, -0.25) is 0 Å². The van der Waals surface area contributed by atoms with E-state index in [4.69, 9.17) is 15.0 Å². The van der Waals surface area contributed by atoms with Crippen molar-refractivity contribution in [2.75, 3.05) is 0 Å². The first kappa shape index (κ1) is 42.5. The van der Waals surface area contributed by atoms with Crippen LogP contribution in [0.25, 0.3) is 139 Å². The molecule has 0 spiro atoms. The van der Waals surface area contributed by atoms with Crippen molar-refractivity contribution in [1.29, 1.82) is 0 Å². The summed E-state index contributed by atoms with van der Waals surface area (Å²) in [6.45, 7) is 0. The van der Waals surface area contributed by atoms with Crippen LogP contribution in [-0.2, 0) is 0 Å². The van der Waals surface area contributed by atoms with Crippen molar-refractivity contribution in [2.24, 2.45) is 0 Å². The first-order valence-electron chi connectivity index (χ1n) is 25.4. The highest BCUT2D eigenvalue weighted by Crippen LogP contribution is 2.41. The quantitative estimate of drug-likeness (QED) is 0.152. The molecule has 4 heterocycles. The fourth-order valence-electron chi connectivity index (χ4n) is 11.4. The third-order valence-electron chi connectivity index (χ3n) is 14.9. The number of para-hydroxylation sites is 2. The molecular formula is C69H44N6. The van der Waals surface area contributed by atoms with Gasteiger partial charge in [0.15, 0.2) is 17.5 Å². The van der Waals surface area contributed by atoms with Crippen LogP contribution in [0.3, 0.4) is 0 Å². The van der Waals surface area contributed by atoms with Crippen molar-refractivity contribution in [3.05, 3.63) is 267 Å². The van der Waals surface area contributed by atoms with Gasteiger partial charge in [-0.2, -0.15) is 0 Å². The van der Waals surface area contributed by atoms with E-state index in [-0.39, 0.29) is 0 Å². The average molecular weight is 957 g/mol. The summed E-state index contributed by atoms with van der Waals surface area (Å²) >= 11 is 0. The molecule has 350 valence electrons. The molecule has 0 fully saturated rings. The highest BCUT2D eigenvalue weighted by molar-refractivity contribution is 6.15. The molecule has 0 aliphatic heterocycles. The topological polar surface area (TPSA) is 53.5 Å². The number of fused-ring (bicyclic) bond motifs is 9. The van der Waals surface area contributed by atoms with E-state index in [1.807, 2.05) is 60.7 Å². The molecule has 0 saturated heterocycles. The third-order valence-corrected chi connectivity index (χ3v) is 14.9. The second-order valence-electron chi connectivity index (χ2n) is 19.2. The summed E-state index contributed by atoms with van der Waals surface area (Å²) in [7, 11) is 0. The summed E-state index contributed by atoms with van der Waals surface area (Å²) in [5.41, 5.74) is 17.7. The van der Waals surface area contributed by atoms with E-state index < -0.39 is 0 Å². The Morgan fingerprint density at radius 1 is 0.187 bits per heavy atom. The van der Waals surface area contributed by atoms with Crippen LogP contribution >= 0.6 is 0 Å². The van der Waals surface area contributed by atoms with E-state index in [0.29, 0.717) is 17.5 Å². The van der Waals surface area contributed by atoms with Gasteiger partial charge in [0.1, 0.15) is 0 Å². The van der Waals surface area contributed by atoms with Gasteiger partial charge in [0, 0.05) is 66.1 Å². The van der Waals surface area contributed by atoms with Gasteiger partial charge in [0.25, 0.3) is 0 Å². The zero-order valence-corrected chi connectivity index (χ0v) is 40.6. The van der Waals surface area contributed by atoms with Crippen molar-refractivity contribution in [3.63, 3.8) is 0 Å². The van der Waals surface area contributed by atoms with Gasteiger partial charge in [-0.15, -0.1) is 0 Å². The summed E-state index contributed by atoms with van der Waals surface area (Å²) in [4.78, 5) is 15.1. The van der Waals surface area contributed by atoms with Gasteiger partial charge >= 0.3 is 0 Å². The smallest absolute Gasteiger partial charge is 0.164 e. The van der Waals surface area contributed by atoms with E-state index in [0.717, 1.165) is 55.6 Å². The van der Waals surface area contributed by atoms with Crippen molar-refractivity contribution in [2.45, 2.75) is 0 Å². The second kappa shape index (κ2) is 17.3. The minimum Gasteiger partial charge on any atom is -0.309 e. The molecule has 6 heteroatoms. The lowest BCUT2D eigenvalue weighted by Crippen LogP contribution is -2.00. The molecule has 0 amide bonds. The van der Waals surface area contributed by atoms with E-state index in [2.05, 4.69) is 220 Å². The van der Waals surface area contributed by atoms with Crippen LogP contribution in [0.15, 0.2) is 267 Å². The Hall–Kier alpha value is -10.2. The van der Waals surface area contributed by atoms with Crippen molar-refractivity contribution in [3.8, 4) is 73.5 Å². The summed E-state index contributed by atoms with van der Waals surface area (Å²) in [6.07, 6.45) is 0. The number of hydrogen-bond donors (Lipinski definition) is 0. The maximum Gasteiger partial charge on any atom is 0.164 e. The first-order valence-corrected chi connectivity index (χ1v) is 25.4. The predicted octanol–water partition coefficient (Wildman–Crippen LogP) is 17.5. The van der Waals surface area contributed by atoms with Gasteiger partial charge in [-0.05, 0) is 119 Å². The number of hydrogen-bond acceptors (Lipinski definition) is 3. The molecule has 0 aliphatic rings. The second-order valence-corrected chi connectivity index (χ2v) is 19.2. The largest absolute Gasteiger partial charge is 0.309 e. The summed E-state index contributed by atoms with van der Waals surface area (Å²) in [6, 6.07) is 95.5. The Labute approximate surface area is 432 Å². The van der Waals surface area contributed by atoms with Crippen LogP contribution in [-0.4, -0.2) is 28.7 Å². The van der Waals surface area contributed by atoms with E-state index in [9.17, 15) is 0 Å². The Bertz CT molecular complexity index is 4400. The number of nitrogens with zero attached hydrogens (tertiary/aromatic N) is 6. The van der Waals surface area contributed by atoms with Gasteiger partial charge in [0.05, 0.1) is 33.1 Å². The van der Waals surface area contributed by atoms with Crippen LogP contribution < -0.4 is 0 Å². The molecule has 15 rings (SSSR count). The molecule has 15 aromatic rings. The zero-order valence-electron chi connectivity index (χ0n) is 40.6. The molecule has 6 nitrogen and oxygen atoms in total. The molecular weight excluding hydrogens is 913 g/mol. The van der Waals surface area contributed by atoms with Crippen molar-refractivity contribution >= 4 is 65.4 Å². The van der Waals surface area contributed by atoms with Crippen molar-refractivity contribution in [1.82, 2.24) is 28.7 Å². The first-order chi connectivity index (χ1) is 37.2. The Kier molecular flexibility index (Phi) is 9.78. The minimum absolute atomic E-state index is 0.620. The lowest BCUT2D eigenvalue weighted by Gasteiger charge is -2.12. The van der Waals surface area contributed by atoms with Crippen LogP contribution in [0, 0.1) is 0 Å². The molecule has 4 aromatic heterocycles. The van der Waals surface area contributed by atoms with E-state index >= 15 is 0 Å². The molecule has 0 radical (unpaired) electrons. The molecule has 0 saturated carbocycles. The molecule has 0 aliphatic carbocycles. The van der Waals surface area contributed by atoms with E-state index in [1.165, 1.54) is 65.9 Å². The summed E-state index contributed by atoms with van der Waals surface area (Å²) in [5.74, 6) is 1.89. The molecule has 0 atom stereocenters. The molecule has 0 N–H and O–H groups in total. The fraction of sp³-hybridized carbons (Fsp3) is 0. The molecule has 0 unspecified atom stereocenters. The van der Waals surface area contributed by atoms with Gasteiger partial charge < -0.3 is 13.7 Å². The molecule has 75 heavy (non-hydrogen) atoms. The standard InChI is InChI=1S/C69H44N6/c1-5-17-45(18-6-1)50-31-37-63-57(41-50)55-25-13-15-27-61(55)74(63)53-35-39-65-59(43-53)60-44-54(75-62-28-16-14-26-56(62)58-42-51(32-38-64(58)75)46-19-7-2-8-20-46)36-40-66(60)73(65)52-33-29-49(30-34-52)69-71-67(47-21-9-3-10-22-47)70-68(72-69)48-23-11-4-12-24-48/h1-44H. The fourth-order valence-corrected chi connectivity index (χ4v) is 11.4. The molecule has 0 bridgehead atoms. The monoisotopic (exact) mass is 956 g/mol. The van der Waals surface area contributed by atoms with Crippen LogP contribution in [0.5, 0.6) is 0 Å². The third kappa shape index (κ3) is 7.07. The van der Waals surface area contributed by atoms with Crippen LogP contribution in [0.1, 0.15) is 0 Å². The lowest BCUT2D eigenvalue weighted by molar-refractivity contribution is 1.07. The highest BCUT2D eigenvalue weighted by atomic mass is 15.0. The van der Waals surface area contributed by atoms with Crippen LogP contribution in [0.4, 0.5) is 0 Å². The normalized spacial score (nSPS) is 11.7. The highest BCUT2D eigenvalue weighted by Gasteiger charge is 2.21. The van der Waals surface area contributed by atoms with Gasteiger partial charge in [0.2, 0.25) is 0 Å². The van der Waals surface area contributed by atoms with Gasteiger partial charge in [-0.1, -0.05) is 170 Å². The summed E-state index contributed by atoms with van der Waals surface area (Å²) in [5, 5.41) is 7.21. The Morgan fingerprint density at radius 2 is 0.467 bits per heavy atom. The lowest BCUT2D eigenvalue weighted by atomic mass is 10.0. The van der Waals surface area contributed by atoms with E-state index in [1.54, 1.807) is 0 Å². The average Bonchev–Trinajstić information content (AvgIpc) is 4.13. The maximum atomic E-state index is 5.05. The summed E-state index contributed by atoms with van der Waals surface area (Å²) < 4.78 is 7.26. The molecule has 11 aromatic carbocycles. The van der Waals surface area contributed by atoms with Crippen molar-refractivity contribution < 1.29 is 0 Å². The van der Waals surface area contributed by atoms with Gasteiger partial charge in [-0.25, -0.2) is 15.0 Å². The SMILES string of the molecule is c1ccc(-c2ccc3c(c2)c2ccccc2n3-c2ccc3c(c2)c2cc(-n4c5ccccc5c5cc(-c6ccccc6)ccc54)ccc2n3-c2ccc(-c3nc(-c4ccccc4)nc(-c4ccccc4)n3)cc2)cc1. The number of aromatic nitrogens is 6. The number of benzene rings is 11. The maximum absolute atomic E-state index is 5.05. The van der Waals surface area contributed by atoms with Crippen LogP contribution in [0.2, 0.25) is 0 Å². The zero-order chi connectivity index (χ0) is 49.4.